The molecule has 0 aliphatic heterocycles. The van der Waals surface area contributed by atoms with Crippen molar-refractivity contribution in [2.75, 3.05) is 0 Å². The van der Waals surface area contributed by atoms with Crippen LogP contribution in [0.3, 0.4) is 0 Å². The number of carboxylic acids is 1. The number of carbonyl (C=O) groups excluding carboxylic acids is 1. The van der Waals surface area contributed by atoms with Gasteiger partial charge in [-0.3, -0.25) is 4.98 Å². The van der Waals surface area contributed by atoms with Crippen molar-refractivity contribution in [2.24, 2.45) is 0 Å². The third-order valence-corrected chi connectivity index (χ3v) is 1.85. The Bertz CT molecular complexity index is 471. The number of carboxylic acid groups (broad SMARTS) is 1. The molecule has 1 aromatic heterocycles. The summed E-state index contributed by atoms with van der Waals surface area (Å²) >= 11 is 0. The topological polar surface area (TPSA) is 76.5 Å². The predicted molar refractivity (Wildman–Crippen MR) is 56.4 cm³/mol. The maximum atomic E-state index is 11.2. The number of nitrogens with zero attached hydrogens (tertiary/aromatic N) is 1. The van der Waals surface area contributed by atoms with E-state index in [-0.39, 0.29) is 37.0 Å². The molecular formula is C11H11IrNO4. The van der Waals surface area contributed by atoms with Crippen molar-refractivity contribution in [1.29, 1.82) is 0 Å². The first kappa shape index (κ1) is 15.5. The molecule has 0 amide bonds. The smallest absolute Gasteiger partial charge is 0.338 e. The van der Waals surface area contributed by atoms with Crippen molar-refractivity contribution in [1.82, 2.24) is 4.98 Å². The Morgan fingerprint density at radius 3 is 2.53 bits per heavy atom. The van der Waals surface area contributed by atoms with E-state index in [1.807, 2.05) is 0 Å². The van der Waals surface area contributed by atoms with Gasteiger partial charge in [-0.1, -0.05) is 6.58 Å². The van der Waals surface area contributed by atoms with Gasteiger partial charge in [-0.2, -0.15) is 0 Å². The molecule has 1 rings (SSSR count). The molecule has 0 saturated carbocycles. The summed E-state index contributed by atoms with van der Waals surface area (Å²) in [5.41, 5.74) is 0.604. The van der Waals surface area contributed by atoms with Crippen molar-refractivity contribution >= 4 is 11.9 Å². The Morgan fingerprint density at radius 1 is 1.47 bits per heavy atom. The summed E-state index contributed by atoms with van der Waals surface area (Å²) in [7, 11) is 0. The number of aromatic carboxylic acids is 1. The first-order chi connectivity index (χ1) is 7.41. The summed E-state index contributed by atoms with van der Waals surface area (Å²) in [6.45, 7) is 6.48. The zero-order valence-electron chi connectivity index (χ0n) is 9.31. The van der Waals surface area contributed by atoms with E-state index in [0.29, 0.717) is 5.69 Å². The zero-order valence-corrected chi connectivity index (χ0v) is 11.7. The average Bonchev–Trinajstić information content (AvgIpc) is 2.20. The van der Waals surface area contributed by atoms with Gasteiger partial charge in [0.2, 0.25) is 0 Å². The van der Waals surface area contributed by atoms with Gasteiger partial charge in [0.05, 0.1) is 17.5 Å². The molecule has 0 bridgehead atoms. The monoisotopic (exact) mass is 414 g/mol. The molecular weight excluding hydrogens is 402 g/mol. The van der Waals surface area contributed by atoms with Crippen LogP contribution in [0.4, 0.5) is 0 Å². The molecule has 0 spiro atoms. The number of aryl methyl sites for hydroxylation is 1. The maximum Gasteiger partial charge on any atom is 0.338 e. The van der Waals surface area contributed by atoms with E-state index >= 15 is 0 Å². The van der Waals surface area contributed by atoms with Crippen LogP contribution in [0.5, 0.6) is 5.75 Å². The van der Waals surface area contributed by atoms with Crippen molar-refractivity contribution in [2.45, 2.75) is 13.8 Å². The average molecular weight is 413 g/mol. The summed E-state index contributed by atoms with van der Waals surface area (Å²) in [5, 5.41) is 8.84. The normalized spacial score (nSPS) is 9.06. The second kappa shape index (κ2) is 6.27. The fraction of sp³-hybridized carbons (Fsp3) is 0.182. The molecule has 0 atom stereocenters. The van der Waals surface area contributed by atoms with Crippen LogP contribution in [-0.4, -0.2) is 22.0 Å². The predicted octanol–water partition coefficient (Wildman–Crippen LogP) is 1.57. The van der Waals surface area contributed by atoms with Gasteiger partial charge in [0.1, 0.15) is 5.75 Å². The minimum Gasteiger partial charge on any atom is -0.478 e. The van der Waals surface area contributed by atoms with Crippen molar-refractivity contribution in [3.8, 4) is 5.75 Å². The SMILES string of the molecule is C=C(C)C(=O)Oc1cnc(C)c(C(=O)O)c1.[Ir]. The molecule has 1 radical (unpaired) electrons. The zero-order chi connectivity index (χ0) is 12.3. The number of pyridine rings is 1. The summed E-state index contributed by atoms with van der Waals surface area (Å²) in [5.74, 6) is -1.63. The third kappa shape index (κ3) is 4.09. The fourth-order valence-electron chi connectivity index (χ4n) is 0.980. The quantitative estimate of drug-likeness (QED) is 0.601. The van der Waals surface area contributed by atoms with E-state index in [2.05, 4.69) is 11.6 Å². The van der Waals surface area contributed by atoms with Gasteiger partial charge in [-0.15, -0.1) is 0 Å². The molecule has 0 aliphatic rings. The van der Waals surface area contributed by atoms with Crippen LogP contribution in [0.15, 0.2) is 24.4 Å². The van der Waals surface area contributed by atoms with Gasteiger partial charge in [-0.25, -0.2) is 9.59 Å². The van der Waals surface area contributed by atoms with Crippen LogP contribution in [0.25, 0.3) is 0 Å². The maximum absolute atomic E-state index is 11.2. The molecule has 1 N–H and O–H groups in total. The van der Waals surface area contributed by atoms with E-state index in [4.69, 9.17) is 9.84 Å². The molecule has 0 saturated heterocycles. The van der Waals surface area contributed by atoms with Crippen LogP contribution >= 0.6 is 0 Å². The van der Waals surface area contributed by atoms with E-state index in [1.54, 1.807) is 6.92 Å². The number of rotatable bonds is 3. The molecule has 0 unspecified atom stereocenters. The summed E-state index contributed by atoms with van der Waals surface area (Å²) < 4.78 is 4.86. The van der Waals surface area contributed by atoms with Crippen LogP contribution in [-0.2, 0) is 24.9 Å². The first-order valence-corrected chi connectivity index (χ1v) is 4.49. The number of esters is 1. The Balaban J connectivity index is 0.00000256. The van der Waals surface area contributed by atoms with Gasteiger partial charge in [0, 0.05) is 25.7 Å². The Kier molecular flexibility index (Phi) is 5.71. The number of hydrogen-bond acceptors (Lipinski definition) is 4. The van der Waals surface area contributed by atoms with Crippen molar-refractivity contribution in [3.05, 3.63) is 35.7 Å². The molecule has 5 nitrogen and oxygen atoms in total. The van der Waals surface area contributed by atoms with Crippen molar-refractivity contribution < 1.29 is 39.5 Å². The molecule has 1 heterocycles. The molecule has 1 aromatic rings. The Hall–Kier alpha value is -1.52. The fourth-order valence-corrected chi connectivity index (χ4v) is 0.980. The summed E-state index contributed by atoms with van der Waals surface area (Å²) in [6, 6.07) is 1.26. The molecule has 0 fully saturated rings. The van der Waals surface area contributed by atoms with E-state index < -0.39 is 11.9 Å². The van der Waals surface area contributed by atoms with Gasteiger partial charge in [0.15, 0.2) is 0 Å². The molecule has 6 heteroatoms. The third-order valence-electron chi connectivity index (χ3n) is 1.85. The molecule has 93 valence electrons. The molecule has 17 heavy (non-hydrogen) atoms. The number of ether oxygens (including phenoxy) is 1. The number of aromatic nitrogens is 1. The van der Waals surface area contributed by atoms with Gasteiger partial charge >= 0.3 is 11.9 Å². The van der Waals surface area contributed by atoms with Crippen LogP contribution in [0.2, 0.25) is 0 Å². The van der Waals surface area contributed by atoms with Crippen molar-refractivity contribution in [3.63, 3.8) is 0 Å². The van der Waals surface area contributed by atoms with Crippen LogP contribution in [0, 0.1) is 6.92 Å². The Morgan fingerprint density at radius 2 is 2.06 bits per heavy atom. The second-order valence-corrected chi connectivity index (χ2v) is 3.28. The molecule has 0 aromatic carbocycles. The van der Waals surface area contributed by atoms with E-state index in [9.17, 15) is 9.59 Å². The van der Waals surface area contributed by atoms with E-state index in [0.717, 1.165) is 0 Å². The van der Waals surface area contributed by atoms with E-state index in [1.165, 1.54) is 19.2 Å². The van der Waals surface area contributed by atoms with Gasteiger partial charge in [0.25, 0.3) is 0 Å². The van der Waals surface area contributed by atoms with Crippen LogP contribution < -0.4 is 4.74 Å². The van der Waals surface area contributed by atoms with Gasteiger partial charge in [-0.05, 0) is 19.9 Å². The largest absolute Gasteiger partial charge is 0.478 e. The first-order valence-electron chi connectivity index (χ1n) is 4.49. The minimum atomic E-state index is -1.11. The minimum absolute atomic E-state index is 0. The molecule has 0 aliphatic carbocycles. The summed E-state index contributed by atoms with van der Waals surface area (Å²) in [4.78, 5) is 25.8. The number of hydrogen-bond donors (Lipinski definition) is 1. The van der Waals surface area contributed by atoms with Gasteiger partial charge < -0.3 is 9.84 Å². The van der Waals surface area contributed by atoms with Crippen LogP contribution in [0.1, 0.15) is 23.0 Å². The standard InChI is InChI=1S/C11H11NO4.Ir/c1-6(2)11(15)16-8-4-9(10(13)14)7(3)12-5-8;/h4-5H,1H2,2-3H3,(H,13,14);. The second-order valence-electron chi connectivity index (χ2n) is 3.28. The number of carbonyl (C=O) groups is 2. The Labute approximate surface area is 112 Å². The summed E-state index contributed by atoms with van der Waals surface area (Å²) in [6.07, 6.45) is 1.29.